The summed E-state index contributed by atoms with van der Waals surface area (Å²) < 4.78 is 19.2. The van der Waals surface area contributed by atoms with E-state index in [2.05, 4.69) is 5.32 Å². The SMILES string of the molecule is O=C1N[C@@H](Cc2ccccc2)COC(=O)[C@@H](Cc2ccc(F)cc2)C/C=C\C[C@@H]1CC(=O)N(CCO)Cc1ccccc1. The number of carbonyl (C=O) groups excluding carboxylic acids is 3. The third kappa shape index (κ3) is 10.2. The minimum absolute atomic E-state index is 0.0194. The van der Waals surface area contributed by atoms with Crippen molar-refractivity contribution < 1.29 is 28.6 Å². The van der Waals surface area contributed by atoms with Gasteiger partial charge < -0.3 is 20.1 Å². The van der Waals surface area contributed by atoms with Crippen LogP contribution in [0, 0.1) is 17.7 Å². The van der Waals surface area contributed by atoms with E-state index >= 15 is 0 Å². The van der Waals surface area contributed by atoms with Crippen LogP contribution in [0.2, 0.25) is 0 Å². The number of rotatable bonds is 10. The van der Waals surface area contributed by atoms with E-state index in [9.17, 15) is 23.9 Å². The first kappa shape index (κ1) is 31.6. The molecular weight excluding hydrogens is 547 g/mol. The van der Waals surface area contributed by atoms with Gasteiger partial charge in [-0.2, -0.15) is 0 Å². The number of benzene rings is 3. The lowest BCUT2D eigenvalue weighted by atomic mass is 9.93. The number of aliphatic hydroxyl groups is 1. The maximum absolute atomic E-state index is 13.6. The van der Waals surface area contributed by atoms with Gasteiger partial charge in [-0.1, -0.05) is 84.9 Å². The first-order valence-electron chi connectivity index (χ1n) is 14.7. The van der Waals surface area contributed by atoms with Gasteiger partial charge in [0.2, 0.25) is 11.8 Å². The Balaban J connectivity index is 1.53. The first-order valence-corrected chi connectivity index (χ1v) is 14.7. The summed E-state index contributed by atoms with van der Waals surface area (Å²) in [7, 11) is 0. The molecule has 0 unspecified atom stereocenters. The molecule has 0 bridgehead atoms. The van der Waals surface area contributed by atoms with Crippen molar-refractivity contribution in [2.24, 2.45) is 11.8 Å². The highest BCUT2D eigenvalue weighted by Crippen LogP contribution is 2.20. The molecule has 0 aromatic heterocycles. The fraction of sp³-hybridized carbons (Fsp3) is 0.343. The summed E-state index contributed by atoms with van der Waals surface area (Å²) in [5.74, 6) is -2.37. The van der Waals surface area contributed by atoms with Gasteiger partial charge in [-0.15, -0.1) is 0 Å². The van der Waals surface area contributed by atoms with Crippen LogP contribution < -0.4 is 5.32 Å². The second-order valence-electron chi connectivity index (χ2n) is 10.9. The van der Waals surface area contributed by atoms with Gasteiger partial charge in [0, 0.05) is 19.5 Å². The van der Waals surface area contributed by atoms with Gasteiger partial charge in [0.25, 0.3) is 0 Å². The number of allylic oxidation sites excluding steroid dienone is 2. The second-order valence-corrected chi connectivity index (χ2v) is 10.9. The third-order valence-electron chi connectivity index (χ3n) is 7.57. The summed E-state index contributed by atoms with van der Waals surface area (Å²) in [6.45, 7) is 0.293. The molecule has 0 fully saturated rings. The molecule has 1 aliphatic heterocycles. The maximum atomic E-state index is 13.6. The molecule has 3 atom stereocenters. The summed E-state index contributed by atoms with van der Waals surface area (Å²) in [6.07, 6.45) is 5.18. The predicted octanol–water partition coefficient (Wildman–Crippen LogP) is 4.63. The van der Waals surface area contributed by atoms with Crippen LogP contribution >= 0.6 is 0 Å². The van der Waals surface area contributed by atoms with Crippen molar-refractivity contribution in [2.75, 3.05) is 19.8 Å². The van der Waals surface area contributed by atoms with E-state index in [1.54, 1.807) is 17.0 Å². The molecule has 1 aliphatic rings. The number of esters is 1. The largest absolute Gasteiger partial charge is 0.463 e. The molecule has 0 spiro atoms. The van der Waals surface area contributed by atoms with E-state index in [1.807, 2.05) is 72.8 Å². The van der Waals surface area contributed by atoms with E-state index in [4.69, 9.17) is 4.74 Å². The van der Waals surface area contributed by atoms with Crippen molar-refractivity contribution in [3.05, 3.63) is 120 Å². The maximum Gasteiger partial charge on any atom is 0.309 e. The summed E-state index contributed by atoms with van der Waals surface area (Å²) in [5, 5.41) is 12.7. The quantitative estimate of drug-likeness (QED) is 0.267. The minimum atomic E-state index is -0.648. The van der Waals surface area contributed by atoms with Gasteiger partial charge in [0.15, 0.2) is 0 Å². The lowest BCUT2D eigenvalue weighted by Crippen LogP contribution is -2.45. The number of amides is 2. The third-order valence-corrected chi connectivity index (χ3v) is 7.57. The number of hydrogen-bond donors (Lipinski definition) is 2. The number of carbonyl (C=O) groups is 3. The number of cyclic esters (lactones) is 1. The molecule has 0 aliphatic carbocycles. The lowest BCUT2D eigenvalue weighted by molar-refractivity contribution is -0.150. The number of ether oxygens (including phenoxy) is 1. The molecule has 1 heterocycles. The molecule has 3 aromatic carbocycles. The van der Waals surface area contributed by atoms with Crippen molar-refractivity contribution in [2.45, 2.75) is 44.7 Å². The standard InChI is InChI=1S/C35H39FN2O5/c36-31-17-15-27(16-18-31)21-30-14-8-7-13-29(23-33(40)38(19-20-39)24-28-11-5-2-6-12-28)34(41)37-32(25-43-35(30)42)22-26-9-3-1-4-10-26/h1-12,15-18,29-30,32,39H,13-14,19-25H2,(H,37,41)/b8-7-/t29-,30-,32+/m1/s1. The Bertz CT molecular complexity index is 1350. The fourth-order valence-electron chi connectivity index (χ4n) is 5.20. The van der Waals surface area contributed by atoms with Crippen molar-refractivity contribution in [3.8, 4) is 0 Å². The lowest BCUT2D eigenvalue weighted by Gasteiger charge is -2.26. The Morgan fingerprint density at radius 1 is 0.837 bits per heavy atom. The monoisotopic (exact) mass is 586 g/mol. The summed E-state index contributed by atoms with van der Waals surface area (Å²) >= 11 is 0. The van der Waals surface area contributed by atoms with Gasteiger partial charge in [0.05, 0.1) is 24.5 Å². The van der Waals surface area contributed by atoms with E-state index in [-0.39, 0.29) is 49.8 Å². The first-order chi connectivity index (χ1) is 20.9. The number of nitrogens with one attached hydrogen (secondary N) is 1. The Morgan fingerprint density at radius 2 is 1.44 bits per heavy atom. The van der Waals surface area contributed by atoms with Crippen LogP contribution in [0.5, 0.6) is 0 Å². The van der Waals surface area contributed by atoms with Crippen molar-refractivity contribution in [3.63, 3.8) is 0 Å². The average Bonchev–Trinajstić information content (AvgIpc) is 3.01. The van der Waals surface area contributed by atoms with Crippen LogP contribution in [-0.4, -0.2) is 53.6 Å². The van der Waals surface area contributed by atoms with E-state index < -0.39 is 17.9 Å². The minimum Gasteiger partial charge on any atom is -0.463 e. The summed E-state index contributed by atoms with van der Waals surface area (Å²) in [5.41, 5.74) is 2.73. The Labute approximate surface area is 252 Å². The highest BCUT2D eigenvalue weighted by atomic mass is 19.1. The molecular formula is C35H39FN2O5. The van der Waals surface area contributed by atoms with Crippen LogP contribution in [0.15, 0.2) is 97.1 Å². The summed E-state index contributed by atoms with van der Waals surface area (Å²) in [4.78, 5) is 41.8. The van der Waals surface area contributed by atoms with Gasteiger partial charge >= 0.3 is 5.97 Å². The average molecular weight is 587 g/mol. The van der Waals surface area contributed by atoms with Gasteiger partial charge in [-0.25, -0.2) is 4.39 Å². The smallest absolute Gasteiger partial charge is 0.309 e. The van der Waals surface area contributed by atoms with Crippen LogP contribution in [0.1, 0.15) is 36.0 Å². The molecule has 2 amide bonds. The van der Waals surface area contributed by atoms with Gasteiger partial charge in [-0.05, 0) is 54.5 Å². The number of halogens is 1. The Morgan fingerprint density at radius 3 is 2.09 bits per heavy atom. The van der Waals surface area contributed by atoms with Crippen molar-refractivity contribution in [1.29, 1.82) is 0 Å². The van der Waals surface area contributed by atoms with Gasteiger partial charge in [0.1, 0.15) is 12.4 Å². The molecule has 2 N–H and O–H groups in total. The normalized spacial score (nSPS) is 20.2. The van der Waals surface area contributed by atoms with Crippen molar-refractivity contribution in [1.82, 2.24) is 10.2 Å². The van der Waals surface area contributed by atoms with Crippen LogP contribution in [-0.2, 0) is 38.5 Å². The van der Waals surface area contributed by atoms with E-state index in [1.165, 1.54) is 12.1 Å². The highest BCUT2D eigenvalue weighted by molar-refractivity contribution is 5.86. The van der Waals surface area contributed by atoms with E-state index in [0.29, 0.717) is 32.2 Å². The molecule has 8 heteroatoms. The topological polar surface area (TPSA) is 95.9 Å². The number of aliphatic hydroxyl groups excluding tert-OH is 1. The van der Waals surface area contributed by atoms with Crippen LogP contribution in [0.3, 0.4) is 0 Å². The molecule has 0 saturated carbocycles. The predicted molar refractivity (Wildman–Crippen MR) is 162 cm³/mol. The Kier molecular flexibility index (Phi) is 12.0. The molecule has 43 heavy (non-hydrogen) atoms. The molecule has 4 rings (SSSR count). The van der Waals surface area contributed by atoms with Crippen LogP contribution in [0.4, 0.5) is 4.39 Å². The summed E-state index contributed by atoms with van der Waals surface area (Å²) in [6, 6.07) is 24.7. The molecule has 0 saturated heterocycles. The number of nitrogens with zero attached hydrogens (tertiary/aromatic N) is 1. The number of hydrogen-bond acceptors (Lipinski definition) is 5. The molecule has 226 valence electrons. The zero-order valence-electron chi connectivity index (χ0n) is 24.2. The highest BCUT2D eigenvalue weighted by Gasteiger charge is 2.28. The molecule has 0 radical (unpaired) electrons. The van der Waals surface area contributed by atoms with Gasteiger partial charge in [-0.3, -0.25) is 14.4 Å². The zero-order valence-corrected chi connectivity index (χ0v) is 24.2. The van der Waals surface area contributed by atoms with Crippen LogP contribution in [0.25, 0.3) is 0 Å². The van der Waals surface area contributed by atoms with E-state index in [0.717, 1.165) is 16.7 Å². The fourth-order valence-corrected chi connectivity index (χ4v) is 5.20. The molecule has 7 nitrogen and oxygen atoms in total. The van der Waals surface area contributed by atoms with Crippen molar-refractivity contribution >= 4 is 17.8 Å². The zero-order chi connectivity index (χ0) is 30.4. The Hall–Kier alpha value is -4.30. The molecule has 3 aromatic rings. The second kappa shape index (κ2) is 16.4.